The first-order chi connectivity index (χ1) is 11.2. The van der Waals surface area contributed by atoms with Gasteiger partial charge in [0.2, 0.25) is 0 Å². The van der Waals surface area contributed by atoms with E-state index in [1.165, 1.54) is 44.9 Å². The molecule has 1 unspecified atom stereocenters. The maximum atomic E-state index is 9.83. The maximum absolute atomic E-state index is 9.83. The van der Waals surface area contributed by atoms with Crippen LogP contribution in [0.5, 0.6) is 0 Å². The molecule has 0 aliphatic heterocycles. The first kappa shape index (κ1) is 22.6. The Morgan fingerprint density at radius 1 is 0.913 bits per heavy atom. The number of ether oxygens (including phenoxy) is 1. The molecule has 3 N–H and O–H groups in total. The van der Waals surface area contributed by atoms with Gasteiger partial charge in [-0.25, -0.2) is 0 Å². The first-order valence-electron chi connectivity index (χ1n) is 9.42. The zero-order chi connectivity index (χ0) is 17.2. The van der Waals surface area contributed by atoms with Crippen molar-refractivity contribution in [3.63, 3.8) is 0 Å². The standard InChI is InChI=1S/C19H38O4/c1-2-3-4-5-6-7-8-9-10-13-18(21)14-11-12-15-23-17-19(22)16-20/h10,13,18-22H,2-9,11-12,14-17H2,1H3/b13-10+/t18?,19-/m0/s1. The van der Waals surface area contributed by atoms with Crippen molar-refractivity contribution in [2.24, 2.45) is 0 Å². The summed E-state index contributed by atoms with van der Waals surface area (Å²) in [5.41, 5.74) is 0. The van der Waals surface area contributed by atoms with Crippen molar-refractivity contribution in [1.82, 2.24) is 0 Å². The van der Waals surface area contributed by atoms with Crippen molar-refractivity contribution in [3.8, 4) is 0 Å². The van der Waals surface area contributed by atoms with E-state index in [9.17, 15) is 5.11 Å². The molecule has 0 fully saturated rings. The van der Waals surface area contributed by atoms with E-state index in [1.54, 1.807) is 0 Å². The molecule has 0 spiro atoms. The zero-order valence-corrected chi connectivity index (χ0v) is 15.0. The quantitative estimate of drug-likeness (QED) is 0.282. The lowest BCUT2D eigenvalue weighted by molar-refractivity contribution is 0.00490. The Kier molecular flexibility index (Phi) is 17.6. The van der Waals surface area contributed by atoms with Crippen LogP contribution in [0, 0.1) is 0 Å². The minimum Gasteiger partial charge on any atom is -0.394 e. The fourth-order valence-electron chi connectivity index (χ4n) is 2.40. The highest BCUT2D eigenvalue weighted by atomic mass is 16.5. The van der Waals surface area contributed by atoms with Crippen LogP contribution < -0.4 is 0 Å². The normalized spacial score (nSPS) is 14.4. The van der Waals surface area contributed by atoms with E-state index < -0.39 is 6.10 Å². The molecular weight excluding hydrogens is 292 g/mol. The monoisotopic (exact) mass is 330 g/mol. The molecule has 4 nitrogen and oxygen atoms in total. The second kappa shape index (κ2) is 17.9. The van der Waals surface area contributed by atoms with Crippen LogP contribution in [0.15, 0.2) is 12.2 Å². The predicted molar refractivity (Wildman–Crippen MR) is 95.5 cm³/mol. The lowest BCUT2D eigenvalue weighted by atomic mass is 10.1. The highest BCUT2D eigenvalue weighted by Crippen LogP contribution is 2.09. The molecule has 4 heteroatoms. The second-order valence-electron chi connectivity index (χ2n) is 6.31. The summed E-state index contributed by atoms with van der Waals surface area (Å²) in [5, 5.41) is 27.5. The number of hydrogen-bond acceptors (Lipinski definition) is 4. The van der Waals surface area contributed by atoms with Crippen LogP contribution in [0.2, 0.25) is 0 Å². The van der Waals surface area contributed by atoms with Gasteiger partial charge in [0.05, 0.1) is 19.3 Å². The topological polar surface area (TPSA) is 69.9 Å². The fourth-order valence-corrected chi connectivity index (χ4v) is 2.40. The van der Waals surface area contributed by atoms with E-state index in [0.29, 0.717) is 6.61 Å². The third-order valence-corrected chi connectivity index (χ3v) is 3.89. The van der Waals surface area contributed by atoms with E-state index in [4.69, 9.17) is 14.9 Å². The van der Waals surface area contributed by atoms with Crippen LogP contribution in [0.3, 0.4) is 0 Å². The minimum absolute atomic E-state index is 0.178. The van der Waals surface area contributed by atoms with Crippen molar-refractivity contribution in [3.05, 3.63) is 12.2 Å². The molecule has 0 bridgehead atoms. The van der Waals surface area contributed by atoms with E-state index in [0.717, 1.165) is 25.7 Å². The highest BCUT2D eigenvalue weighted by molar-refractivity contribution is 4.88. The summed E-state index contributed by atoms with van der Waals surface area (Å²) in [6.45, 7) is 2.72. The number of allylic oxidation sites excluding steroid dienone is 1. The second-order valence-corrected chi connectivity index (χ2v) is 6.31. The summed E-state index contributed by atoms with van der Waals surface area (Å²) in [4.78, 5) is 0. The van der Waals surface area contributed by atoms with E-state index >= 15 is 0 Å². The van der Waals surface area contributed by atoms with Gasteiger partial charge in [0.15, 0.2) is 0 Å². The third-order valence-electron chi connectivity index (χ3n) is 3.89. The van der Waals surface area contributed by atoms with Crippen LogP contribution in [0.25, 0.3) is 0 Å². The molecule has 0 aromatic heterocycles. The van der Waals surface area contributed by atoms with Crippen LogP contribution in [0.4, 0.5) is 0 Å². The van der Waals surface area contributed by atoms with Crippen LogP contribution >= 0.6 is 0 Å². The van der Waals surface area contributed by atoms with Crippen molar-refractivity contribution in [2.75, 3.05) is 19.8 Å². The average Bonchev–Trinajstić information content (AvgIpc) is 2.56. The molecular formula is C19H38O4. The molecule has 0 aromatic carbocycles. The summed E-state index contributed by atoms with van der Waals surface area (Å²) in [6, 6.07) is 0. The minimum atomic E-state index is -0.782. The SMILES string of the molecule is CCCCCCCCC/C=C/C(O)CCCCOC[C@@H](O)CO. The number of aliphatic hydroxyl groups excluding tert-OH is 3. The summed E-state index contributed by atoms with van der Waals surface area (Å²) >= 11 is 0. The molecule has 0 heterocycles. The van der Waals surface area contributed by atoms with Crippen molar-refractivity contribution in [2.45, 2.75) is 89.8 Å². The highest BCUT2D eigenvalue weighted by Gasteiger charge is 2.02. The summed E-state index contributed by atoms with van der Waals surface area (Å²) in [5.74, 6) is 0. The summed E-state index contributed by atoms with van der Waals surface area (Å²) in [6.07, 6.45) is 15.7. The third kappa shape index (κ3) is 17.8. The van der Waals surface area contributed by atoms with Gasteiger partial charge in [-0.2, -0.15) is 0 Å². The van der Waals surface area contributed by atoms with Gasteiger partial charge in [-0.15, -0.1) is 0 Å². The number of aliphatic hydroxyl groups is 3. The summed E-state index contributed by atoms with van der Waals surface area (Å²) in [7, 11) is 0. The molecule has 0 saturated carbocycles. The van der Waals surface area contributed by atoms with Crippen LogP contribution in [-0.4, -0.2) is 47.3 Å². The van der Waals surface area contributed by atoms with E-state index in [2.05, 4.69) is 13.0 Å². The van der Waals surface area contributed by atoms with Gasteiger partial charge in [0.25, 0.3) is 0 Å². The molecule has 23 heavy (non-hydrogen) atoms. The van der Waals surface area contributed by atoms with Gasteiger partial charge in [-0.05, 0) is 32.1 Å². The molecule has 0 saturated heterocycles. The maximum Gasteiger partial charge on any atom is 0.100 e. The molecule has 0 aliphatic rings. The van der Waals surface area contributed by atoms with E-state index in [-0.39, 0.29) is 19.3 Å². The molecule has 0 amide bonds. The Hall–Kier alpha value is -0.420. The Bertz CT molecular complexity index is 256. The Morgan fingerprint density at radius 2 is 1.61 bits per heavy atom. The van der Waals surface area contributed by atoms with Gasteiger partial charge in [-0.1, -0.05) is 57.6 Å². The smallest absolute Gasteiger partial charge is 0.100 e. The van der Waals surface area contributed by atoms with Gasteiger partial charge in [0.1, 0.15) is 6.10 Å². The van der Waals surface area contributed by atoms with Crippen molar-refractivity contribution >= 4 is 0 Å². The molecule has 0 rings (SSSR count). The summed E-state index contributed by atoms with van der Waals surface area (Å²) < 4.78 is 5.22. The van der Waals surface area contributed by atoms with Gasteiger partial charge in [-0.3, -0.25) is 0 Å². The van der Waals surface area contributed by atoms with Crippen LogP contribution in [0.1, 0.15) is 77.6 Å². The van der Waals surface area contributed by atoms with Gasteiger partial charge in [0, 0.05) is 6.61 Å². The first-order valence-corrected chi connectivity index (χ1v) is 9.42. The molecule has 0 aromatic rings. The molecule has 0 aliphatic carbocycles. The largest absolute Gasteiger partial charge is 0.394 e. The lowest BCUT2D eigenvalue weighted by Gasteiger charge is -2.09. The molecule has 2 atom stereocenters. The van der Waals surface area contributed by atoms with Gasteiger partial charge < -0.3 is 20.1 Å². The zero-order valence-electron chi connectivity index (χ0n) is 15.0. The average molecular weight is 331 g/mol. The number of hydrogen-bond donors (Lipinski definition) is 3. The number of rotatable bonds is 17. The number of unbranched alkanes of at least 4 members (excludes halogenated alkanes) is 8. The Labute approximate surface area is 142 Å². The predicted octanol–water partition coefficient (Wildman–Crippen LogP) is 3.58. The van der Waals surface area contributed by atoms with E-state index in [1.807, 2.05) is 6.08 Å². The van der Waals surface area contributed by atoms with Gasteiger partial charge >= 0.3 is 0 Å². The van der Waals surface area contributed by atoms with Crippen molar-refractivity contribution in [1.29, 1.82) is 0 Å². The lowest BCUT2D eigenvalue weighted by Crippen LogP contribution is -2.19. The Balaban J connectivity index is 3.30. The van der Waals surface area contributed by atoms with Crippen molar-refractivity contribution < 1.29 is 20.1 Å². The van der Waals surface area contributed by atoms with Crippen LogP contribution in [-0.2, 0) is 4.74 Å². The molecule has 138 valence electrons. The Morgan fingerprint density at radius 3 is 2.30 bits per heavy atom. The molecule has 0 radical (unpaired) electrons. The fraction of sp³-hybridized carbons (Fsp3) is 0.895.